The van der Waals surface area contributed by atoms with Crippen molar-refractivity contribution in [3.8, 4) is 0 Å². The van der Waals surface area contributed by atoms with Gasteiger partial charge in [0.15, 0.2) is 0 Å². The van der Waals surface area contributed by atoms with Crippen LogP contribution >= 0.6 is 0 Å². The number of nitrogens with one attached hydrogen (secondary N) is 2. The minimum Gasteiger partial charge on any atom is -0.481 e. The highest BCUT2D eigenvalue weighted by molar-refractivity contribution is 7.90. The third-order valence-electron chi connectivity index (χ3n) is 2.53. The van der Waals surface area contributed by atoms with Gasteiger partial charge in [0.1, 0.15) is 9.84 Å². The SMILES string of the molecule is CC(CCNC(=O)NCCS(C)(=O)=O)CCC(=O)O. The maximum absolute atomic E-state index is 11.3. The van der Waals surface area contributed by atoms with E-state index >= 15 is 0 Å². The molecule has 2 amide bonds. The normalized spacial score (nSPS) is 12.7. The van der Waals surface area contributed by atoms with Crippen molar-refractivity contribution in [3.63, 3.8) is 0 Å². The molecule has 0 rings (SSSR count). The second kappa shape index (κ2) is 8.73. The fraction of sp³-hybridized carbons (Fsp3) is 0.818. The first-order valence-corrected chi connectivity index (χ1v) is 8.18. The number of carbonyl (C=O) groups excluding carboxylic acids is 1. The van der Waals surface area contributed by atoms with Crippen molar-refractivity contribution in [2.24, 2.45) is 5.92 Å². The Morgan fingerprint density at radius 3 is 2.26 bits per heavy atom. The number of sulfone groups is 1. The van der Waals surface area contributed by atoms with Crippen LogP contribution in [0.1, 0.15) is 26.2 Å². The van der Waals surface area contributed by atoms with E-state index in [4.69, 9.17) is 5.11 Å². The summed E-state index contributed by atoms with van der Waals surface area (Å²) in [6, 6.07) is -0.408. The first-order chi connectivity index (χ1) is 8.70. The number of hydrogen-bond acceptors (Lipinski definition) is 4. The smallest absolute Gasteiger partial charge is 0.314 e. The molecule has 0 aliphatic carbocycles. The zero-order valence-electron chi connectivity index (χ0n) is 11.3. The van der Waals surface area contributed by atoms with Crippen molar-refractivity contribution in [1.82, 2.24) is 10.6 Å². The molecular weight excluding hydrogens is 272 g/mol. The lowest BCUT2D eigenvalue weighted by molar-refractivity contribution is -0.137. The van der Waals surface area contributed by atoms with E-state index in [9.17, 15) is 18.0 Å². The molecule has 7 nitrogen and oxygen atoms in total. The lowest BCUT2D eigenvalue weighted by Crippen LogP contribution is -2.38. The van der Waals surface area contributed by atoms with Gasteiger partial charge in [-0.1, -0.05) is 6.92 Å². The molecule has 112 valence electrons. The predicted molar refractivity (Wildman–Crippen MR) is 71.8 cm³/mol. The molecule has 0 aliphatic rings. The van der Waals surface area contributed by atoms with Gasteiger partial charge in [-0.25, -0.2) is 13.2 Å². The molecule has 0 heterocycles. The van der Waals surface area contributed by atoms with Crippen LogP contribution in [0.25, 0.3) is 0 Å². The molecule has 1 atom stereocenters. The molecule has 0 aromatic carbocycles. The number of carbonyl (C=O) groups is 2. The Labute approximate surface area is 113 Å². The monoisotopic (exact) mass is 294 g/mol. The summed E-state index contributed by atoms with van der Waals surface area (Å²) in [5.41, 5.74) is 0. The Morgan fingerprint density at radius 1 is 1.16 bits per heavy atom. The summed E-state index contributed by atoms with van der Waals surface area (Å²) in [4.78, 5) is 21.6. The van der Waals surface area contributed by atoms with Crippen LogP contribution in [-0.4, -0.2) is 50.6 Å². The summed E-state index contributed by atoms with van der Waals surface area (Å²) in [5, 5.41) is 13.5. The molecule has 0 saturated carbocycles. The largest absolute Gasteiger partial charge is 0.481 e. The van der Waals surface area contributed by atoms with Gasteiger partial charge in [-0.05, 0) is 18.8 Å². The van der Waals surface area contributed by atoms with Crippen LogP contribution in [0.5, 0.6) is 0 Å². The van der Waals surface area contributed by atoms with Gasteiger partial charge in [0, 0.05) is 25.8 Å². The number of aliphatic carboxylic acids is 1. The third-order valence-corrected chi connectivity index (χ3v) is 3.48. The Balaban J connectivity index is 3.60. The first-order valence-electron chi connectivity index (χ1n) is 6.12. The lowest BCUT2D eigenvalue weighted by Gasteiger charge is -2.11. The van der Waals surface area contributed by atoms with Crippen molar-refractivity contribution < 1.29 is 23.1 Å². The van der Waals surface area contributed by atoms with Gasteiger partial charge >= 0.3 is 12.0 Å². The fourth-order valence-electron chi connectivity index (χ4n) is 1.36. The van der Waals surface area contributed by atoms with Crippen LogP contribution in [0.3, 0.4) is 0 Å². The second-order valence-corrected chi connectivity index (χ2v) is 6.90. The van der Waals surface area contributed by atoms with E-state index in [2.05, 4.69) is 10.6 Å². The van der Waals surface area contributed by atoms with E-state index in [0.717, 1.165) is 6.26 Å². The number of carboxylic acid groups (broad SMARTS) is 1. The molecule has 0 radical (unpaired) electrons. The lowest BCUT2D eigenvalue weighted by atomic mass is 10.0. The Kier molecular flexibility index (Phi) is 8.13. The molecular formula is C11H22N2O5S. The second-order valence-electron chi connectivity index (χ2n) is 4.64. The molecule has 1 unspecified atom stereocenters. The van der Waals surface area contributed by atoms with Crippen LogP contribution in [0, 0.1) is 5.92 Å². The summed E-state index contributed by atoms with van der Waals surface area (Å²) >= 11 is 0. The van der Waals surface area contributed by atoms with Crippen molar-refractivity contribution in [3.05, 3.63) is 0 Å². The van der Waals surface area contributed by atoms with Crippen molar-refractivity contribution in [2.45, 2.75) is 26.2 Å². The van der Waals surface area contributed by atoms with E-state index in [1.165, 1.54) is 0 Å². The standard InChI is InChI=1S/C11H22N2O5S/c1-9(3-4-10(14)15)5-6-12-11(16)13-7-8-19(2,17)18/h9H,3-8H2,1-2H3,(H,14,15)(H2,12,13,16). The zero-order chi connectivity index (χ0) is 14.9. The molecule has 19 heavy (non-hydrogen) atoms. The number of amides is 2. The quantitative estimate of drug-likeness (QED) is 0.563. The summed E-state index contributed by atoms with van der Waals surface area (Å²) in [6.07, 6.45) is 2.50. The van der Waals surface area contributed by atoms with Gasteiger partial charge in [0.25, 0.3) is 0 Å². The highest BCUT2D eigenvalue weighted by atomic mass is 32.2. The van der Waals surface area contributed by atoms with Crippen LogP contribution < -0.4 is 10.6 Å². The van der Waals surface area contributed by atoms with E-state index < -0.39 is 21.8 Å². The molecule has 0 bridgehead atoms. The molecule has 0 spiro atoms. The number of hydrogen-bond donors (Lipinski definition) is 3. The van der Waals surface area contributed by atoms with Crippen LogP contribution in [-0.2, 0) is 14.6 Å². The van der Waals surface area contributed by atoms with Gasteiger partial charge in [-0.3, -0.25) is 4.79 Å². The predicted octanol–water partition coefficient (Wildman–Crippen LogP) is 0.221. The van der Waals surface area contributed by atoms with E-state index in [0.29, 0.717) is 19.4 Å². The van der Waals surface area contributed by atoms with Crippen LogP contribution in [0.15, 0.2) is 0 Å². The molecule has 8 heteroatoms. The van der Waals surface area contributed by atoms with Gasteiger partial charge in [-0.15, -0.1) is 0 Å². The van der Waals surface area contributed by atoms with Gasteiger partial charge in [0.2, 0.25) is 0 Å². The first kappa shape index (κ1) is 17.7. The molecule has 3 N–H and O–H groups in total. The Hall–Kier alpha value is -1.31. The van der Waals surface area contributed by atoms with Crippen molar-refractivity contribution in [1.29, 1.82) is 0 Å². The highest BCUT2D eigenvalue weighted by Gasteiger charge is 2.07. The minimum absolute atomic E-state index is 0.0826. The molecule has 0 aromatic heterocycles. The molecule has 0 fully saturated rings. The van der Waals surface area contributed by atoms with Gasteiger partial charge < -0.3 is 15.7 Å². The van der Waals surface area contributed by atoms with Crippen LogP contribution in [0.2, 0.25) is 0 Å². The molecule has 0 aromatic rings. The van der Waals surface area contributed by atoms with E-state index in [1.807, 2.05) is 6.92 Å². The number of carboxylic acids is 1. The number of rotatable bonds is 9. The molecule has 0 aliphatic heterocycles. The molecule has 0 saturated heterocycles. The summed E-state index contributed by atoms with van der Waals surface area (Å²) < 4.78 is 21.6. The maximum Gasteiger partial charge on any atom is 0.314 e. The average Bonchev–Trinajstić information content (AvgIpc) is 2.24. The summed E-state index contributed by atoms with van der Waals surface area (Å²) in [5.74, 6) is -0.694. The van der Waals surface area contributed by atoms with Gasteiger partial charge in [-0.2, -0.15) is 0 Å². The van der Waals surface area contributed by atoms with Crippen LogP contribution in [0.4, 0.5) is 4.79 Å². The Bertz CT molecular complexity index is 394. The van der Waals surface area contributed by atoms with E-state index in [-0.39, 0.29) is 24.6 Å². The third kappa shape index (κ3) is 12.9. The summed E-state index contributed by atoms with van der Waals surface area (Å²) in [6.45, 7) is 2.44. The van der Waals surface area contributed by atoms with Gasteiger partial charge in [0.05, 0.1) is 5.75 Å². The summed E-state index contributed by atoms with van der Waals surface area (Å²) in [7, 11) is -3.07. The van der Waals surface area contributed by atoms with Crippen molar-refractivity contribution >= 4 is 21.8 Å². The average molecular weight is 294 g/mol. The number of urea groups is 1. The minimum atomic E-state index is -3.07. The Morgan fingerprint density at radius 2 is 1.74 bits per heavy atom. The topological polar surface area (TPSA) is 113 Å². The van der Waals surface area contributed by atoms with Crippen molar-refractivity contribution in [2.75, 3.05) is 25.1 Å². The fourth-order valence-corrected chi connectivity index (χ4v) is 1.83. The zero-order valence-corrected chi connectivity index (χ0v) is 12.1. The van der Waals surface area contributed by atoms with E-state index in [1.54, 1.807) is 0 Å². The highest BCUT2D eigenvalue weighted by Crippen LogP contribution is 2.08. The maximum atomic E-state index is 11.3.